The summed E-state index contributed by atoms with van der Waals surface area (Å²) in [7, 11) is -5.42. The zero-order valence-electron chi connectivity index (χ0n) is 15.1. The van der Waals surface area contributed by atoms with Crippen molar-refractivity contribution < 1.29 is 21.6 Å². The van der Waals surface area contributed by atoms with Gasteiger partial charge in [-0.1, -0.05) is 58.0 Å². The fraction of sp³-hybridized carbons (Fsp3) is 0.368. The molecule has 0 unspecified atom stereocenters. The Kier molecular flexibility index (Phi) is 5.70. The summed E-state index contributed by atoms with van der Waals surface area (Å²) in [4.78, 5) is 0. The van der Waals surface area contributed by atoms with Crippen LogP contribution in [0.4, 0.5) is 18.9 Å². The second kappa shape index (κ2) is 7.31. The molecule has 3 nitrogen and oxygen atoms in total. The highest BCUT2D eigenvalue weighted by Gasteiger charge is 2.46. The van der Waals surface area contributed by atoms with E-state index in [-0.39, 0.29) is 11.6 Å². The molecule has 0 aliphatic rings. The fourth-order valence-electron chi connectivity index (χ4n) is 2.62. The average Bonchev–Trinajstić information content (AvgIpc) is 2.53. The van der Waals surface area contributed by atoms with Crippen molar-refractivity contribution in [3.05, 3.63) is 53.6 Å². The first kappa shape index (κ1) is 20.3. The third-order valence-electron chi connectivity index (χ3n) is 4.12. The zero-order chi connectivity index (χ0) is 19.7. The highest BCUT2D eigenvalue weighted by atomic mass is 32.2. The van der Waals surface area contributed by atoms with Crippen LogP contribution in [0.15, 0.2) is 42.5 Å². The van der Waals surface area contributed by atoms with Crippen molar-refractivity contribution in [1.29, 1.82) is 0 Å². The Morgan fingerprint density at radius 2 is 1.46 bits per heavy atom. The minimum atomic E-state index is -5.42. The number of rotatable bonds is 5. The summed E-state index contributed by atoms with van der Waals surface area (Å²) in [6.07, 6.45) is 0. The van der Waals surface area contributed by atoms with Crippen LogP contribution in [0.5, 0.6) is 0 Å². The van der Waals surface area contributed by atoms with E-state index in [4.69, 9.17) is 0 Å². The van der Waals surface area contributed by atoms with Gasteiger partial charge in [0.2, 0.25) is 0 Å². The number of anilines is 1. The van der Waals surface area contributed by atoms with Gasteiger partial charge in [-0.25, -0.2) is 0 Å². The molecule has 0 heterocycles. The maximum atomic E-state index is 12.5. The van der Waals surface area contributed by atoms with Gasteiger partial charge in [0, 0.05) is 5.69 Å². The van der Waals surface area contributed by atoms with Crippen molar-refractivity contribution in [3.8, 4) is 11.1 Å². The van der Waals surface area contributed by atoms with Gasteiger partial charge in [0.25, 0.3) is 0 Å². The highest BCUT2D eigenvalue weighted by Crippen LogP contribution is 2.33. The first-order chi connectivity index (χ1) is 11.9. The maximum Gasteiger partial charge on any atom is 0.516 e. The molecule has 0 amide bonds. The van der Waals surface area contributed by atoms with Crippen LogP contribution in [0.2, 0.25) is 0 Å². The Labute approximate surface area is 152 Å². The summed E-state index contributed by atoms with van der Waals surface area (Å²) in [5.74, 6) is 0.613. The SMILES string of the molecule is CC(C)c1ccc(C(C)C)c(-c2ccc(NS(=O)(=O)C(F)(F)F)cc2)c1. The molecule has 2 aromatic rings. The van der Waals surface area contributed by atoms with E-state index in [2.05, 4.69) is 45.9 Å². The van der Waals surface area contributed by atoms with Crippen molar-refractivity contribution in [2.75, 3.05) is 4.72 Å². The van der Waals surface area contributed by atoms with Crippen LogP contribution in [0.25, 0.3) is 11.1 Å². The smallest absolute Gasteiger partial charge is 0.276 e. The molecule has 1 N–H and O–H groups in total. The number of hydrogen-bond donors (Lipinski definition) is 1. The normalized spacial score (nSPS) is 12.7. The lowest BCUT2D eigenvalue weighted by molar-refractivity contribution is -0.0429. The minimum Gasteiger partial charge on any atom is -0.276 e. The molecule has 7 heteroatoms. The van der Waals surface area contributed by atoms with Crippen LogP contribution in [-0.2, 0) is 10.0 Å². The highest BCUT2D eigenvalue weighted by molar-refractivity contribution is 7.93. The number of halogens is 3. The van der Waals surface area contributed by atoms with Crippen LogP contribution in [0, 0.1) is 0 Å². The Balaban J connectivity index is 2.41. The molecule has 0 aliphatic carbocycles. The standard InChI is InChI=1S/C19H22F3NO2S/c1-12(2)15-7-10-17(13(3)4)18(11-15)14-5-8-16(9-6-14)23-26(24,25)19(20,21)22/h5-13,23H,1-4H3. The number of nitrogens with one attached hydrogen (secondary N) is 1. The predicted molar refractivity (Wildman–Crippen MR) is 98.7 cm³/mol. The molecule has 0 saturated carbocycles. The van der Waals surface area contributed by atoms with Gasteiger partial charge in [-0.05, 0) is 46.2 Å². The largest absolute Gasteiger partial charge is 0.516 e. The minimum absolute atomic E-state index is 0.128. The first-order valence-electron chi connectivity index (χ1n) is 8.25. The molecule has 0 spiro atoms. The Morgan fingerprint density at radius 3 is 1.92 bits per heavy atom. The van der Waals surface area contributed by atoms with E-state index in [0.29, 0.717) is 5.92 Å². The lowest BCUT2D eigenvalue weighted by atomic mass is 9.89. The molecule has 26 heavy (non-hydrogen) atoms. The lowest BCUT2D eigenvalue weighted by Crippen LogP contribution is -2.29. The summed E-state index contributed by atoms with van der Waals surface area (Å²) >= 11 is 0. The molecule has 0 fully saturated rings. The van der Waals surface area contributed by atoms with Gasteiger partial charge < -0.3 is 0 Å². The van der Waals surface area contributed by atoms with Crippen molar-refractivity contribution in [1.82, 2.24) is 0 Å². The summed E-state index contributed by atoms with van der Waals surface area (Å²) in [5, 5.41) is 0. The van der Waals surface area contributed by atoms with Crippen molar-refractivity contribution >= 4 is 15.7 Å². The molecule has 0 saturated heterocycles. The van der Waals surface area contributed by atoms with Crippen LogP contribution < -0.4 is 4.72 Å². The van der Waals surface area contributed by atoms with Gasteiger partial charge in [0.15, 0.2) is 0 Å². The van der Waals surface area contributed by atoms with Crippen molar-refractivity contribution in [2.45, 2.75) is 45.0 Å². The second-order valence-electron chi connectivity index (χ2n) is 6.78. The van der Waals surface area contributed by atoms with E-state index in [1.54, 1.807) is 16.9 Å². The van der Waals surface area contributed by atoms with E-state index in [9.17, 15) is 21.6 Å². The van der Waals surface area contributed by atoms with Gasteiger partial charge in [-0.3, -0.25) is 4.72 Å². The summed E-state index contributed by atoms with van der Waals surface area (Å²) in [6.45, 7) is 8.31. The summed E-state index contributed by atoms with van der Waals surface area (Å²) in [6, 6.07) is 12.1. The molecule has 142 valence electrons. The van der Waals surface area contributed by atoms with Gasteiger partial charge in [0.05, 0.1) is 0 Å². The number of alkyl halides is 3. The topological polar surface area (TPSA) is 46.2 Å². The third-order valence-corrected chi connectivity index (χ3v) is 5.23. The zero-order valence-corrected chi connectivity index (χ0v) is 15.9. The van der Waals surface area contributed by atoms with Crippen molar-refractivity contribution in [2.24, 2.45) is 0 Å². The molecule has 0 aliphatic heterocycles. The van der Waals surface area contributed by atoms with Crippen LogP contribution in [0.3, 0.4) is 0 Å². The van der Waals surface area contributed by atoms with Gasteiger partial charge in [-0.15, -0.1) is 0 Å². The monoisotopic (exact) mass is 385 g/mol. The molecule has 0 aromatic heterocycles. The average molecular weight is 385 g/mol. The van der Waals surface area contributed by atoms with E-state index in [0.717, 1.165) is 22.3 Å². The lowest BCUT2D eigenvalue weighted by Gasteiger charge is -2.17. The Morgan fingerprint density at radius 1 is 0.885 bits per heavy atom. The van der Waals surface area contributed by atoms with Crippen LogP contribution >= 0.6 is 0 Å². The Bertz CT molecular complexity index is 871. The maximum absolute atomic E-state index is 12.5. The molecule has 0 bridgehead atoms. The van der Waals surface area contributed by atoms with E-state index in [1.807, 2.05) is 0 Å². The van der Waals surface area contributed by atoms with Crippen molar-refractivity contribution in [3.63, 3.8) is 0 Å². The molecular formula is C19H22F3NO2S. The Hall–Kier alpha value is -2.02. The molecular weight excluding hydrogens is 363 g/mol. The van der Waals surface area contributed by atoms with E-state index in [1.165, 1.54) is 12.1 Å². The van der Waals surface area contributed by atoms with Crippen LogP contribution in [0.1, 0.15) is 50.7 Å². The first-order valence-corrected chi connectivity index (χ1v) is 9.74. The molecule has 2 rings (SSSR count). The number of sulfonamides is 1. The van der Waals surface area contributed by atoms with E-state index < -0.39 is 15.5 Å². The fourth-order valence-corrected chi connectivity index (χ4v) is 3.18. The molecule has 2 aromatic carbocycles. The summed E-state index contributed by atoms with van der Waals surface area (Å²) < 4.78 is 61.4. The molecule has 0 atom stereocenters. The van der Waals surface area contributed by atoms with Gasteiger partial charge >= 0.3 is 15.5 Å². The van der Waals surface area contributed by atoms with E-state index >= 15 is 0 Å². The predicted octanol–water partition coefficient (Wildman–Crippen LogP) is 5.86. The van der Waals surface area contributed by atoms with Gasteiger partial charge in [0.1, 0.15) is 0 Å². The second-order valence-corrected chi connectivity index (χ2v) is 8.46. The third kappa shape index (κ3) is 4.38. The van der Waals surface area contributed by atoms with Crippen LogP contribution in [-0.4, -0.2) is 13.9 Å². The number of hydrogen-bond acceptors (Lipinski definition) is 2. The molecule has 0 radical (unpaired) electrons. The number of benzene rings is 2. The quantitative estimate of drug-likeness (QED) is 0.700. The van der Waals surface area contributed by atoms with Gasteiger partial charge in [-0.2, -0.15) is 21.6 Å². The summed E-state index contributed by atoms with van der Waals surface area (Å²) in [5.41, 5.74) is -1.37.